The van der Waals surface area contributed by atoms with Crippen LogP contribution in [0.25, 0.3) is 0 Å². The summed E-state index contributed by atoms with van der Waals surface area (Å²) in [6.45, 7) is 7.16. The minimum absolute atomic E-state index is 0.220. The van der Waals surface area contributed by atoms with Crippen LogP contribution in [-0.2, 0) is 10.2 Å². The van der Waals surface area contributed by atoms with E-state index in [-0.39, 0.29) is 11.5 Å². The van der Waals surface area contributed by atoms with Crippen molar-refractivity contribution < 1.29 is 13.9 Å². The van der Waals surface area contributed by atoms with Gasteiger partial charge < -0.3 is 10.1 Å². The summed E-state index contributed by atoms with van der Waals surface area (Å²) in [5.41, 5.74) is 1.04. The molecule has 0 saturated heterocycles. The second kappa shape index (κ2) is 6.36. The highest BCUT2D eigenvalue weighted by Crippen LogP contribution is 2.36. The zero-order chi connectivity index (χ0) is 17.2. The Balaban J connectivity index is 2.49. The molecule has 5 heteroatoms. The number of carbonyl (C=O) groups is 1. The fraction of sp³-hybridized carbons (Fsp3) is 0.333. The number of halogens is 1. The topological polar surface area (TPSA) is 51.2 Å². The van der Waals surface area contributed by atoms with E-state index >= 15 is 0 Å². The number of pyridine rings is 1. The van der Waals surface area contributed by atoms with Gasteiger partial charge in [-0.25, -0.2) is 4.39 Å². The lowest BCUT2D eigenvalue weighted by atomic mass is 9.82. The number of aromatic nitrogens is 1. The molecule has 1 N–H and O–H groups in total. The number of benzene rings is 1. The summed E-state index contributed by atoms with van der Waals surface area (Å²) in [4.78, 5) is 16.4. The second-order valence-corrected chi connectivity index (χ2v) is 5.99. The fourth-order valence-electron chi connectivity index (χ4n) is 2.42. The summed E-state index contributed by atoms with van der Waals surface area (Å²) in [6, 6.07) is 6.37. The first kappa shape index (κ1) is 16.9. The van der Waals surface area contributed by atoms with Crippen LogP contribution in [0, 0.1) is 19.7 Å². The van der Waals surface area contributed by atoms with E-state index < -0.39 is 11.2 Å². The van der Waals surface area contributed by atoms with E-state index in [0.29, 0.717) is 11.5 Å². The van der Waals surface area contributed by atoms with Gasteiger partial charge >= 0.3 is 0 Å². The normalized spacial score (nSPS) is 11.2. The van der Waals surface area contributed by atoms with Gasteiger partial charge in [0.25, 0.3) is 0 Å². The lowest BCUT2D eigenvalue weighted by Crippen LogP contribution is -2.39. The van der Waals surface area contributed by atoms with Gasteiger partial charge in [-0.05, 0) is 51.5 Å². The van der Waals surface area contributed by atoms with Crippen LogP contribution < -0.4 is 10.1 Å². The van der Waals surface area contributed by atoms with Crippen LogP contribution in [-0.4, -0.2) is 17.9 Å². The molecule has 23 heavy (non-hydrogen) atoms. The Morgan fingerprint density at radius 2 is 2.00 bits per heavy atom. The molecular formula is C18H21FN2O2. The van der Waals surface area contributed by atoms with Crippen molar-refractivity contribution in [3.63, 3.8) is 0 Å². The average molecular weight is 316 g/mol. The minimum Gasteiger partial charge on any atom is -0.455 e. The van der Waals surface area contributed by atoms with Crippen molar-refractivity contribution in [2.24, 2.45) is 0 Å². The highest BCUT2D eigenvalue weighted by molar-refractivity contribution is 5.88. The number of nitrogens with one attached hydrogen (secondary N) is 1. The van der Waals surface area contributed by atoms with Gasteiger partial charge in [-0.3, -0.25) is 9.78 Å². The summed E-state index contributed by atoms with van der Waals surface area (Å²) in [5.74, 6) is 0.0508. The van der Waals surface area contributed by atoms with Crippen LogP contribution in [0.2, 0.25) is 0 Å². The lowest BCUT2D eigenvalue weighted by Gasteiger charge is -2.26. The Kier molecular flexibility index (Phi) is 4.68. The quantitative estimate of drug-likeness (QED) is 0.936. The van der Waals surface area contributed by atoms with Crippen LogP contribution in [0.15, 0.2) is 30.5 Å². The van der Waals surface area contributed by atoms with Gasteiger partial charge in [0.05, 0.1) is 11.6 Å². The summed E-state index contributed by atoms with van der Waals surface area (Å²) in [7, 11) is 1.53. The smallest absolute Gasteiger partial charge is 0.230 e. The minimum atomic E-state index is -1.07. The van der Waals surface area contributed by atoms with Gasteiger partial charge in [-0.15, -0.1) is 0 Å². The predicted octanol–water partition coefficient (Wildman–Crippen LogP) is 3.65. The number of hydrogen-bond donors (Lipinski definition) is 1. The van der Waals surface area contributed by atoms with Gasteiger partial charge in [0.2, 0.25) is 5.91 Å². The molecule has 0 bridgehead atoms. The number of ether oxygens (including phenoxy) is 1. The summed E-state index contributed by atoms with van der Waals surface area (Å²) in [5, 5.41) is 2.57. The standard InChI is InChI=1S/C18H21FN2O2/c1-11-9-13(10-21-12(11)2)23-15-8-6-7-14(19)16(15)18(3,4)17(22)20-5/h6-10H,1-5H3,(H,20,22). The number of rotatable bonds is 4. The molecule has 1 heterocycles. The number of likely N-dealkylation sites (N-methyl/N-ethyl adjacent to an activating group) is 1. The molecule has 0 fully saturated rings. The van der Waals surface area contributed by atoms with Crippen molar-refractivity contribution in [1.29, 1.82) is 0 Å². The van der Waals surface area contributed by atoms with E-state index in [1.165, 1.54) is 13.1 Å². The molecular weight excluding hydrogens is 295 g/mol. The molecule has 1 aromatic heterocycles. The van der Waals surface area contributed by atoms with Crippen molar-refractivity contribution in [3.05, 3.63) is 53.1 Å². The van der Waals surface area contributed by atoms with E-state index in [2.05, 4.69) is 10.3 Å². The molecule has 2 aromatic rings. The van der Waals surface area contributed by atoms with Gasteiger partial charge in [-0.1, -0.05) is 6.07 Å². The number of aryl methyl sites for hydroxylation is 2. The number of amides is 1. The summed E-state index contributed by atoms with van der Waals surface area (Å²) < 4.78 is 20.2. The molecule has 0 spiro atoms. The van der Waals surface area contributed by atoms with Crippen LogP contribution in [0.1, 0.15) is 30.7 Å². The molecule has 4 nitrogen and oxygen atoms in total. The molecule has 0 aliphatic carbocycles. The Morgan fingerprint density at radius 1 is 1.30 bits per heavy atom. The van der Waals surface area contributed by atoms with Crippen molar-refractivity contribution >= 4 is 5.91 Å². The molecule has 0 atom stereocenters. The van der Waals surface area contributed by atoms with E-state index in [1.807, 2.05) is 19.9 Å². The van der Waals surface area contributed by atoms with Crippen LogP contribution in [0.4, 0.5) is 4.39 Å². The highest BCUT2D eigenvalue weighted by atomic mass is 19.1. The van der Waals surface area contributed by atoms with Gasteiger partial charge in [-0.2, -0.15) is 0 Å². The third-order valence-corrected chi connectivity index (χ3v) is 3.94. The van der Waals surface area contributed by atoms with Crippen molar-refractivity contribution in [1.82, 2.24) is 10.3 Å². The fourth-order valence-corrected chi connectivity index (χ4v) is 2.42. The molecule has 0 radical (unpaired) electrons. The second-order valence-electron chi connectivity index (χ2n) is 5.99. The lowest BCUT2D eigenvalue weighted by molar-refractivity contribution is -0.125. The summed E-state index contributed by atoms with van der Waals surface area (Å²) >= 11 is 0. The molecule has 122 valence electrons. The average Bonchev–Trinajstić information content (AvgIpc) is 2.50. The SMILES string of the molecule is CNC(=O)C(C)(C)c1c(F)cccc1Oc1cnc(C)c(C)c1. The van der Waals surface area contributed by atoms with Crippen molar-refractivity contribution in [3.8, 4) is 11.5 Å². The molecule has 1 amide bonds. The van der Waals surface area contributed by atoms with E-state index in [4.69, 9.17) is 4.74 Å². The Bertz CT molecular complexity index is 742. The van der Waals surface area contributed by atoms with E-state index in [9.17, 15) is 9.18 Å². The van der Waals surface area contributed by atoms with E-state index in [0.717, 1.165) is 11.3 Å². The first-order chi connectivity index (χ1) is 10.8. The number of hydrogen-bond acceptors (Lipinski definition) is 3. The maximum atomic E-state index is 14.4. The monoisotopic (exact) mass is 316 g/mol. The molecule has 1 aromatic carbocycles. The molecule has 0 aliphatic heterocycles. The third kappa shape index (κ3) is 3.33. The molecule has 0 aliphatic rings. The number of carbonyl (C=O) groups excluding carboxylic acids is 1. The maximum Gasteiger partial charge on any atom is 0.230 e. The zero-order valence-corrected chi connectivity index (χ0v) is 14.0. The van der Waals surface area contributed by atoms with Crippen LogP contribution >= 0.6 is 0 Å². The predicted molar refractivity (Wildman–Crippen MR) is 87.3 cm³/mol. The number of nitrogens with zero attached hydrogens (tertiary/aromatic N) is 1. The molecule has 2 rings (SSSR count). The Hall–Kier alpha value is -2.43. The largest absolute Gasteiger partial charge is 0.455 e. The third-order valence-electron chi connectivity index (χ3n) is 3.94. The van der Waals surface area contributed by atoms with Crippen LogP contribution in [0.3, 0.4) is 0 Å². The Morgan fingerprint density at radius 3 is 2.61 bits per heavy atom. The maximum absolute atomic E-state index is 14.4. The van der Waals surface area contributed by atoms with Crippen molar-refractivity contribution in [2.45, 2.75) is 33.1 Å². The van der Waals surface area contributed by atoms with Gasteiger partial charge in [0.15, 0.2) is 0 Å². The van der Waals surface area contributed by atoms with Crippen LogP contribution in [0.5, 0.6) is 11.5 Å². The summed E-state index contributed by atoms with van der Waals surface area (Å²) in [6.07, 6.45) is 1.59. The zero-order valence-electron chi connectivity index (χ0n) is 14.0. The first-order valence-electron chi connectivity index (χ1n) is 7.39. The Labute approximate surface area is 135 Å². The van der Waals surface area contributed by atoms with Gasteiger partial charge in [0, 0.05) is 18.3 Å². The first-order valence-corrected chi connectivity index (χ1v) is 7.39. The molecule has 0 saturated carbocycles. The highest BCUT2D eigenvalue weighted by Gasteiger charge is 2.35. The van der Waals surface area contributed by atoms with Gasteiger partial charge in [0.1, 0.15) is 17.3 Å². The molecule has 0 unspecified atom stereocenters. The van der Waals surface area contributed by atoms with Crippen molar-refractivity contribution in [2.75, 3.05) is 7.05 Å². The van der Waals surface area contributed by atoms with E-state index in [1.54, 1.807) is 32.2 Å².